The Bertz CT molecular complexity index is 1150. The summed E-state index contributed by atoms with van der Waals surface area (Å²) < 4.78 is 11.4. The zero-order valence-corrected chi connectivity index (χ0v) is 26.0. The number of rotatable bonds is 11. The van der Waals surface area contributed by atoms with E-state index in [4.69, 9.17) is 14.6 Å². The third-order valence-corrected chi connectivity index (χ3v) is 12.6. The second kappa shape index (κ2) is 13.3. The number of methoxy groups -OCH3 is 1. The molecule has 220 valence electrons. The van der Waals surface area contributed by atoms with Crippen LogP contribution >= 0.6 is 0 Å². The van der Waals surface area contributed by atoms with Gasteiger partial charge in [0.05, 0.1) is 24.4 Å². The van der Waals surface area contributed by atoms with Gasteiger partial charge in [0.25, 0.3) is 5.91 Å². The van der Waals surface area contributed by atoms with Crippen LogP contribution in [-0.4, -0.2) is 105 Å². The highest BCUT2D eigenvalue weighted by molar-refractivity contribution is 6.74. The van der Waals surface area contributed by atoms with Crippen molar-refractivity contribution in [2.24, 2.45) is 10.9 Å². The number of fused-ring (bicyclic) bond motifs is 1. The maximum absolute atomic E-state index is 13.2. The van der Waals surface area contributed by atoms with Gasteiger partial charge in [-0.15, -0.1) is 0 Å². The lowest BCUT2D eigenvalue weighted by Crippen LogP contribution is -2.51. The first-order chi connectivity index (χ1) is 18.8. The van der Waals surface area contributed by atoms with Crippen LogP contribution in [-0.2, 0) is 22.1 Å². The molecule has 1 aromatic heterocycles. The van der Waals surface area contributed by atoms with Gasteiger partial charge in [0.15, 0.2) is 8.32 Å². The van der Waals surface area contributed by atoms with E-state index in [0.29, 0.717) is 37.4 Å². The zero-order valence-electron chi connectivity index (χ0n) is 25.0. The minimum atomic E-state index is -1.83. The topological polar surface area (TPSA) is 147 Å². The van der Waals surface area contributed by atoms with Crippen molar-refractivity contribution >= 4 is 25.8 Å². The molecule has 0 bridgehead atoms. The molecule has 0 saturated carbocycles. The molecule has 2 aliphatic heterocycles. The first-order valence-electron chi connectivity index (χ1n) is 13.9. The fourth-order valence-electron chi connectivity index (χ4n) is 4.60. The lowest BCUT2D eigenvalue weighted by Gasteiger charge is -2.38. The van der Waals surface area contributed by atoms with Crippen LogP contribution in [0.2, 0.25) is 18.1 Å². The number of nitriles is 1. The van der Waals surface area contributed by atoms with E-state index in [9.17, 15) is 15.2 Å². The van der Waals surface area contributed by atoms with Crippen molar-refractivity contribution in [1.29, 1.82) is 10.7 Å². The predicted octanol–water partition coefficient (Wildman–Crippen LogP) is 2.40. The minimum absolute atomic E-state index is 0.0650. The minimum Gasteiger partial charge on any atom is -0.480 e. The van der Waals surface area contributed by atoms with Gasteiger partial charge in [-0.25, -0.2) is 4.98 Å². The molecule has 1 atom stereocenters. The van der Waals surface area contributed by atoms with Crippen LogP contribution in [0.4, 0.5) is 0 Å². The molecule has 12 heteroatoms. The number of nitrogens with zero attached hydrogens (tertiary/aromatic N) is 5. The molecule has 3 rings (SSSR count). The van der Waals surface area contributed by atoms with Crippen molar-refractivity contribution in [3.63, 3.8) is 0 Å². The van der Waals surface area contributed by atoms with Crippen LogP contribution in [0.5, 0.6) is 0 Å². The second-order valence-electron chi connectivity index (χ2n) is 12.2. The molecule has 1 fully saturated rings. The van der Waals surface area contributed by atoms with Crippen LogP contribution < -0.4 is 5.32 Å². The largest absolute Gasteiger partial charge is 0.480 e. The van der Waals surface area contributed by atoms with Crippen LogP contribution in [0.15, 0.2) is 11.1 Å². The molecule has 0 spiro atoms. The van der Waals surface area contributed by atoms with Gasteiger partial charge in [-0.1, -0.05) is 20.8 Å². The lowest BCUT2D eigenvalue weighted by atomic mass is 9.98. The average Bonchev–Trinajstić information content (AvgIpc) is 2.87. The fourth-order valence-corrected chi connectivity index (χ4v) is 5.63. The van der Waals surface area contributed by atoms with Crippen molar-refractivity contribution < 1.29 is 19.1 Å². The summed E-state index contributed by atoms with van der Waals surface area (Å²) in [5.41, 5.74) is 2.71. The van der Waals surface area contributed by atoms with Gasteiger partial charge >= 0.3 is 0 Å². The van der Waals surface area contributed by atoms with Crippen molar-refractivity contribution in [2.45, 2.75) is 65.0 Å². The first-order valence-corrected chi connectivity index (χ1v) is 16.8. The van der Waals surface area contributed by atoms with Gasteiger partial charge in [0.2, 0.25) is 5.90 Å². The number of hydrogen-bond acceptors (Lipinski definition) is 10. The summed E-state index contributed by atoms with van der Waals surface area (Å²) in [7, 11) is -0.419. The van der Waals surface area contributed by atoms with Crippen molar-refractivity contribution in [3.8, 4) is 6.07 Å². The highest BCUT2D eigenvalue weighted by Crippen LogP contribution is 2.36. The highest BCUT2D eigenvalue weighted by atomic mass is 28.4. The molecular formula is C28H45N7O4Si. The van der Waals surface area contributed by atoms with E-state index in [0.717, 1.165) is 37.4 Å². The number of carbonyl (C=O) groups excluding carboxylic acids is 1. The number of aliphatic hydroxyl groups is 1. The van der Waals surface area contributed by atoms with Crippen LogP contribution in [0.3, 0.4) is 0 Å². The number of amides is 1. The van der Waals surface area contributed by atoms with Crippen LogP contribution in [0.1, 0.15) is 55.0 Å². The van der Waals surface area contributed by atoms with E-state index in [1.54, 1.807) is 13.0 Å². The molecule has 1 amide bonds. The summed E-state index contributed by atoms with van der Waals surface area (Å²) in [6, 6.07) is 3.79. The monoisotopic (exact) mass is 571 g/mol. The smallest absolute Gasteiger partial charge is 0.271 e. The second-order valence-corrected chi connectivity index (χ2v) is 17.0. The Morgan fingerprint density at radius 2 is 2.08 bits per heavy atom. The van der Waals surface area contributed by atoms with Gasteiger partial charge < -0.3 is 19.6 Å². The van der Waals surface area contributed by atoms with E-state index in [1.165, 1.54) is 7.11 Å². The van der Waals surface area contributed by atoms with E-state index >= 15 is 0 Å². The number of ether oxygens (including phenoxy) is 1. The van der Waals surface area contributed by atoms with Crippen LogP contribution in [0.25, 0.3) is 0 Å². The van der Waals surface area contributed by atoms with Crippen molar-refractivity contribution in [1.82, 2.24) is 20.1 Å². The molecule has 0 aromatic carbocycles. The molecule has 11 nitrogen and oxygen atoms in total. The normalized spacial score (nSPS) is 17.9. The maximum atomic E-state index is 13.2. The van der Waals surface area contributed by atoms with E-state index in [1.807, 2.05) is 0 Å². The lowest BCUT2D eigenvalue weighted by molar-refractivity contribution is 0.0671. The number of nitrogens with one attached hydrogen (secondary N) is 2. The van der Waals surface area contributed by atoms with Gasteiger partial charge in [0.1, 0.15) is 17.6 Å². The summed E-state index contributed by atoms with van der Waals surface area (Å²) >= 11 is 0. The Morgan fingerprint density at radius 1 is 1.38 bits per heavy atom. The number of hydrogen-bond donors (Lipinski definition) is 3. The number of likely N-dealkylation sites (tertiary alicyclic amines) is 1. The molecule has 1 saturated heterocycles. The molecule has 0 radical (unpaired) electrons. The number of carbonyl (C=O) groups is 1. The molecule has 1 aromatic rings. The zero-order chi connectivity index (χ0) is 29.7. The first kappa shape index (κ1) is 31.8. The summed E-state index contributed by atoms with van der Waals surface area (Å²) in [5, 5.41) is 30.1. The Balaban J connectivity index is 1.67. The van der Waals surface area contributed by atoms with Gasteiger partial charge in [-0.3, -0.25) is 25.0 Å². The van der Waals surface area contributed by atoms with Gasteiger partial charge in [-0.05, 0) is 43.1 Å². The summed E-state index contributed by atoms with van der Waals surface area (Å²) in [6.07, 6.45) is 0.0598. The summed E-state index contributed by atoms with van der Waals surface area (Å²) in [4.78, 5) is 26.7. The highest BCUT2D eigenvalue weighted by Gasteiger charge is 2.37. The van der Waals surface area contributed by atoms with E-state index < -0.39 is 20.4 Å². The van der Waals surface area contributed by atoms with Crippen LogP contribution in [0, 0.1) is 22.7 Å². The van der Waals surface area contributed by atoms with Gasteiger partial charge in [-0.2, -0.15) is 5.26 Å². The Hall–Kier alpha value is -2.69. The Morgan fingerprint density at radius 3 is 2.67 bits per heavy atom. The number of aromatic nitrogens is 1. The average molecular weight is 572 g/mol. The molecule has 40 heavy (non-hydrogen) atoms. The number of aliphatic imine (C=N–C) groups is 1. The number of pyridine rings is 1. The molecule has 3 heterocycles. The fraction of sp³-hybridized carbons (Fsp3) is 0.679. The molecule has 1 unspecified atom stereocenters. The third-order valence-electron chi connectivity index (χ3n) is 8.11. The number of aliphatic hydroxyl groups excluding tert-OH is 1. The predicted molar refractivity (Wildman–Crippen MR) is 157 cm³/mol. The van der Waals surface area contributed by atoms with Crippen molar-refractivity contribution in [2.75, 3.05) is 53.0 Å². The molecule has 2 aliphatic rings. The third kappa shape index (κ3) is 7.95. The Kier molecular flexibility index (Phi) is 10.6. The maximum Gasteiger partial charge on any atom is 0.271 e. The summed E-state index contributed by atoms with van der Waals surface area (Å²) in [5.74, 6) is -0.258. The molecular weight excluding hydrogens is 526 g/mol. The SMILES string of the molecule is COC(=N)/C(CN1CC(CO)C1)=N\C(C)NC(=O)c1cc(C#N)c2c(n1)CN(CCO[Si](C)(C)C(C)(C)C)CC2. The Labute approximate surface area is 239 Å². The molecule has 0 aliphatic carbocycles. The van der Waals surface area contributed by atoms with E-state index in [2.05, 4.69) is 65.0 Å². The van der Waals surface area contributed by atoms with Gasteiger partial charge in [0, 0.05) is 58.4 Å². The standard InChI is InChI=1S/C28H45N7O4Si/c1-19(31-25(26(30)38-5)17-35-14-20(15-35)18-36)32-27(37)23-12-21(13-29)22-8-9-34(16-24(22)33-23)10-11-39-40(6,7)28(2,3)4/h12,19-20,30,36H,8-11,14-18H2,1-7H3,(H,32,37)/b30-26?,31-25-. The van der Waals surface area contributed by atoms with Crippen molar-refractivity contribution in [3.05, 3.63) is 28.6 Å². The molecule has 3 N–H and O–H groups in total. The quantitative estimate of drug-likeness (QED) is 0.208. The summed E-state index contributed by atoms with van der Waals surface area (Å²) in [6.45, 7) is 17.6. The van der Waals surface area contributed by atoms with E-state index in [-0.39, 0.29) is 29.2 Å².